The zero-order valence-corrected chi connectivity index (χ0v) is 13.3. The summed E-state index contributed by atoms with van der Waals surface area (Å²) in [6.07, 6.45) is 0. The maximum Gasteiger partial charge on any atom is 0.342 e. The lowest BCUT2D eigenvalue weighted by molar-refractivity contribution is 0.0695. The number of hydrogen-bond acceptors (Lipinski definition) is 7. The lowest BCUT2D eigenvalue weighted by atomic mass is 9.94. The number of carboxylic acids is 2. The number of benzene rings is 1. The van der Waals surface area contributed by atoms with Crippen LogP contribution in [0.1, 0.15) is 26.6 Å². The lowest BCUT2D eigenvalue weighted by Crippen LogP contribution is -2.24. The molecule has 26 heavy (non-hydrogen) atoms. The van der Waals surface area contributed by atoms with Crippen molar-refractivity contribution < 1.29 is 24.3 Å². The number of nitrogen functional groups attached to an aromatic ring is 1. The molecule has 10 heteroatoms. The van der Waals surface area contributed by atoms with Crippen LogP contribution in [-0.4, -0.2) is 37.3 Å². The first-order chi connectivity index (χ1) is 12.3. The molecule has 0 aliphatic carbocycles. The standard InChI is InChI=1S/C16H12N4O6/c1-6-18-13(20-26-6)8-4-2-3-7(5-8)9-10(15(22)23)12(17)19-14(21)11(9)16(24)25/h2-5H,1H3,(H,22,23)(H,24,25)(H3,17,19,21). The molecule has 1 aromatic carbocycles. The van der Waals surface area contributed by atoms with Crippen LogP contribution < -0.4 is 11.3 Å². The number of aryl methyl sites for hydroxylation is 1. The molecule has 0 aliphatic rings. The summed E-state index contributed by atoms with van der Waals surface area (Å²) in [5, 5.41) is 22.6. The Labute approximate surface area is 144 Å². The van der Waals surface area contributed by atoms with Gasteiger partial charge in [0.2, 0.25) is 11.7 Å². The summed E-state index contributed by atoms with van der Waals surface area (Å²) in [5.74, 6) is -2.94. The molecule has 0 bridgehead atoms. The normalized spacial score (nSPS) is 10.7. The van der Waals surface area contributed by atoms with Crippen molar-refractivity contribution in [3.8, 4) is 22.5 Å². The number of nitrogens with zero attached hydrogens (tertiary/aromatic N) is 2. The number of pyridine rings is 1. The van der Waals surface area contributed by atoms with E-state index in [9.17, 15) is 24.6 Å². The molecule has 3 aromatic rings. The van der Waals surface area contributed by atoms with Gasteiger partial charge in [-0.05, 0) is 11.6 Å². The molecular weight excluding hydrogens is 344 g/mol. The Morgan fingerprint density at radius 2 is 1.81 bits per heavy atom. The SMILES string of the molecule is Cc1nc(-c2cccc(-c3c(C(=O)O)c(N)[nH]c(=O)c3C(=O)O)c2)no1. The van der Waals surface area contributed by atoms with E-state index in [1.165, 1.54) is 12.1 Å². The van der Waals surface area contributed by atoms with Gasteiger partial charge >= 0.3 is 11.9 Å². The number of aromatic amines is 1. The molecule has 0 amide bonds. The molecule has 0 aliphatic heterocycles. The third kappa shape index (κ3) is 2.79. The van der Waals surface area contributed by atoms with Crippen LogP contribution in [-0.2, 0) is 0 Å². The highest BCUT2D eigenvalue weighted by Gasteiger charge is 2.26. The number of H-pyrrole nitrogens is 1. The molecule has 0 fully saturated rings. The Morgan fingerprint density at radius 1 is 1.15 bits per heavy atom. The van der Waals surface area contributed by atoms with Crippen molar-refractivity contribution in [1.82, 2.24) is 15.1 Å². The summed E-state index contributed by atoms with van der Waals surface area (Å²) in [7, 11) is 0. The monoisotopic (exact) mass is 356 g/mol. The van der Waals surface area contributed by atoms with Crippen LogP contribution >= 0.6 is 0 Å². The molecule has 0 saturated heterocycles. The molecule has 3 rings (SSSR count). The average Bonchev–Trinajstić information content (AvgIpc) is 3.00. The number of aromatic nitrogens is 3. The topological polar surface area (TPSA) is 172 Å². The van der Waals surface area contributed by atoms with E-state index in [2.05, 4.69) is 15.1 Å². The van der Waals surface area contributed by atoms with Gasteiger partial charge < -0.3 is 25.5 Å². The van der Waals surface area contributed by atoms with E-state index >= 15 is 0 Å². The van der Waals surface area contributed by atoms with Crippen molar-refractivity contribution in [1.29, 1.82) is 0 Å². The van der Waals surface area contributed by atoms with Crippen LogP contribution in [0.4, 0.5) is 5.82 Å². The molecule has 0 unspecified atom stereocenters. The Hall–Kier alpha value is -3.95. The highest BCUT2D eigenvalue weighted by molar-refractivity contribution is 6.07. The quantitative estimate of drug-likeness (QED) is 0.538. The van der Waals surface area contributed by atoms with Gasteiger partial charge in [0.05, 0.1) is 0 Å². The maximum absolute atomic E-state index is 12.1. The van der Waals surface area contributed by atoms with Gasteiger partial charge in [0, 0.05) is 18.1 Å². The number of carboxylic acid groups (broad SMARTS) is 2. The van der Waals surface area contributed by atoms with Crippen LogP contribution in [0.25, 0.3) is 22.5 Å². The average molecular weight is 356 g/mol. The Kier molecular flexibility index (Phi) is 4.01. The minimum atomic E-state index is -1.58. The van der Waals surface area contributed by atoms with Gasteiger partial charge in [0.1, 0.15) is 16.9 Å². The minimum Gasteiger partial charge on any atom is -0.478 e. The Balaban J connectivity index is 2.35. The first-order valence-corrected chi connectivity index (χ1v) is 7.23. The van der Waals surface area contributed by atoms with E-state index in [1.54, 1.807) is 19.1 Å². The second-order valence-electron chi connectivity index (χ2n) is 5.32. The van der Waals surface area contributed by atoms with Crippen LogP contribution in [0.5, 0.6) is 0 Å². The highest BCUT2D eigenvalue weighted by Crippen LogP contribution is 2.31. The predicted molar refractivity (Wildman–Crippen MR) is 88.9 cm³/mol. The molecule has 0 atom stereocenters. The van der Waals surface area contributed by atoms with Crippen LogP contribution in [0.3, 0.4) is 0 Å². The van der Waals surface area contributed by atoms with Crippen LogP contribution in [0, 0.1) is 6.92 Å². The number of nitrogens with one attached hydrogen (secondary N) is 1. The summed E-state index contributed by atoms with van der Waals surface area (Å²) in [6.45, 7) is 1.60. The molecule has 10 nitrogen and oxygen atoms in total. The van der Waals surface area contributed by atoms with Crippen molar-refractivity contribution in [3.05, 3.63) is 51.6 Å². The van der Waals surface area contributed by atoms with E-state index in [-0.39, 0.29) is 17.0 Å². The van der Waals surface area contributed by atoms with Gasteiger partial charge in [-0.25, -0.2) is 9.59 Å². The Bertz CT molecular complexity index is 1100. The number of hydrogen-bond donors (Lipinski definition) is 4. The third-order valence-electron chi connectivity index (χ3n) is 3.61. The van der Waals surface area contributed by atoms with Crippen LogP contribution in [0.15, 0.2) is 33.6 Å². The Morgan fingerprint density at radius 3 is 2.38 bits per heavy atom. The number of carbonyl (C=O) groups is 2. The lowest BCUT2D eigenvalue weighted by Gasteiger charge is -2.12. The largest absolute Gasteiger partial charge is 0.478 e. The first kappa shape index (κ1) is 16.9. The van der Waals surface area contributed by atoms with Gasteiger partial charge in [-0.15, -0.1) is 0 Å². The van der Waals surface area contributed by atoms with Gasteiger partial charge in [-0.1, -0.05) is 23.4 Å². The van der Waals surface area contributed by atoms with Crippen molar-refractivity contribution >= 4 is 17.8 Å². The molecule has 0 saturated carbocycles. The van der Waals surface area contributed by atoms with Gasteiger partial charge in [0.25, 0.3) is 5.56 Å². The van der Waals surface area contributed by atoms with Crippen molar-refractivity contribution in [2.24, 2.45) is 0 Å². The smallest absolute Gasteiger partial charge is 0.342 e. The van der Waals surface area contributed by atoms with Crippen molar-refractivity contribution in [2.45, 2.75) is 6.92 Å². The first-order valence-electron chi connectivity index (χ1n) is 7.23. The molecule has 132 valence electrons. The fraction of sp³-hybridized carbons (Fsp3) is 0.0625. The molecule has 5 N–H and O–H groups in total. The van der Waals surface area contributed by atoms with E-state index in [0.717, 1.165) is 0 Å². The number of nitrogens with two attached hydrogens (primary N) is 1. The van der Waals surface area contributed by atoms with Crippen LogP contribution in [0.2, 0.25) is 0 Å². The summed E-state index contributed by atoms with van der Waals surface area (Å²) in [4.78, 5) is 41.4. The molecule has 2 heterocycles. The summed E-state index contributed by atoms with van der Waals surface area (Å²) < 4.78 is 4.90. The van der Waals surface area contributed by atoms with Gasteiger partial charge in [-0.2, -0.15) is 4.98 Å². The minimum absolute atomic E-state index is 0.164. The predicted octanol–water partition coefficient (Wildman–Crippen LogP) is 1.38. The van der Waals surface area contributed by atoms with Crippen molar-refractivity contribution in [3.63, 3.8) is 0 Å². The van der Waals surface area contributed by atoms with Gasteiger partial charge in [0.15, 0.2) is 0 Å². The fourth-order valence-corrected chi connectivity index (χ4v) is 2.57. The zero-order valence-electron chi connectivity index (χ0n) is 13.3. The molecule has 2 aromatic heterocycles. The summed E-state index contributed by atoms with van der Waals surface area (Å²) in [6, 6.07) is 6.09. The number of aromatic carboxylic acids is 2. The summed E-state index contributed by atoms with van der Waals surface area (Å²) in [5.41, 5.74) is 3.69. The number of rotatable bonds is 4. The van der Waals surface area contributed by atoms with E-state index in [4.69, 9.17) is 10.3 Å². The summed E-state index contributed by atoms with van der Waals surface area (Å²) >= 11 is 0. The second kappa shape index (κ2) is 6.16. The van der Waals surface area contributed by atoms with E-state index in [0.29, 0.717) is 11.5 Å². The molecule has 0 radical (unpaired) electrons. The van der Waals surface area contributed by atoms with Gasteiger partial charge in [-0.3, -0.25) is 4.79 Å². The number of anilines is 1. The second-order valence-corrected chi connectivity index (χ2v) is 5.32. The highest BCUT2D eigenvalue weighted by atomic mass is 16.5. The molecule has 0 spiro atoms. The maximum atomic E-state index is 12.1. The van der Waals surface area contributed by atoms with E-state index in [1.807, 2.05) is 0 Å². The zero-order chi connectivity index (χ0) is 19.0. The fourth-order valence-electron chi connectivity index (χ4n) is 2.57. The van der Waals surface area contributed by atoms with E-state index < -0.39 is 34.4 Å². The third-order valence-corrected chi connectivity index (χ3v) is 3.61. The molecular formula is C16H12N4O6. The van der Waals surface area contributed by atoms with Crippen molar-refractivity contribution in [2.75, 3.05) is 5.73 Å².